The van der Waals surface area contributed by atoms with Crippen molar-refractivity contribution in [2.75, 3.05) is 0 Å². The Balaban J connectivity index is 1.85. The summed E-state index contributed by atoms with van der Waals surface area (Å²) in [5.41, 5.74) is -2.16. The van der Waals surface area contributed by atoms with Crippen LogP contribution in [0.2, 0.25) is 0 Å². The van der Waals surface area contributed by atoms with Crippen molar-refractivity contribution in [2.24, 2.45) is 0 Å². The summed E-state index contributed by atoms with van der Waals surface area (Å²) in [4.78, 5) is 0. The zero-order valence-electron chi connectivity index (χ0n) is 13.4. The van der Waals surface area contributed by atoms with Gasteiger partial charge in [0.1, 0.15) is 5.41 Å². The van der Waals surface area contributed by atoms with Crippen LogP contribution in [0.15, 0.2) is 78.9 Å². The Morgan fingerprint density at radius 1 is 0.654 bits per heavy atom. The minimum absolute atomic E-state index is 0.00298. The maximum Gasteiger partial charge on any atom is 0.454 e. The largest absolute Gasteiger partial charge is 0.454 e. The molecule has 0 saturated carbocycles. The normalized spacial score (nSPS) is 20.1. The fourth-order valence-corrected chi connectivity index (χ4v) is 3.45. The molecule has 0 aromatic heterocycles. The molecular formula is C21H13F5. The number of hydrogen-bond donors (Lipinski definition) is 0. The van der Waals surface area contributed by atoms with Crippen molar-refractivity contribution in [3.63, 3.8) is 0 Å². The molecule has 0 amide bonds. The van der Waals surface area contributed by atoms with Crippen LogP contribution in [0.5, 0.6) is 0 Å². The van der Waals surface area contributed by atoms with E-state index in [4.69, 9.17) is 0 Å². The van der Waals surface area contributed by atoms with E-state index < -0.39 is 17.5 Å². The number of alkyl halides is 5. The maximum absolute atomic E-state index is 14.5. The van der Waals surface area contributed by atoms with Gasteiger partial charge in [0.25, 0.3) is 0 Å². The molecule has 0 bridgehead atoms. The molecule has 5 heteroatoms. The van der Waals surface area contributed by atoms with E-state index >= 15 is 0 Å². The van der Waals surface area contributed by atoms with Crippen LogP contribution in [0.1, 0.15) is 11.1 Å². The first kappa shape index (κ1) is 16.8. The predicted octanol–water partition coefficient (Wildman–Crippen LogP) is 6.37. The van der Waals surface area contributed by atoms with E-state index in [-0.39, 0.29) is 11.1 Å². The lowest BCUT2D eigenvalue weighted by Gasteiger charge is -2.31. The first-order valence-corrected chi connectivity index (χ1v) is 8.00. The number of allylic oxidation sites excluding steroid dienone is 2. The predicted molar refractivity (Wildman–Crippen MR) is 91.0 cm³/mol. The topological polar surface area (TPSA) is 0 Å². The van der Waals surface area contributed by atoms with Crippen molar-refractivity contribution in [1.29, 1.82) is 0 Å². The van der Waals surface area contributed by atoms with Crippen molar-refractivity contribution in [2.45, 2.75) is 17.5 Å². The quantitative estimate of drug-likeness (QED) is 0.476. The van der Waals surface area contributed by atoms with E-state index in [0.717, 1.165) is 16.8 Å². The van der Waals surface area contributed by atoms with Crippen molar-refractivity contribution < 1.29 is 22.0 Å². The average molecular weight is 360 g/mol. The van der Waals surface area contributed by atoms with Crippen molar-refractivity contribution in [3.8, 4) is 0 Å². The molecule has 3 aromatic rings. The van der Waals surface area contributed by atoms with Crippen LogP contribution in [0.25, 0.3) is 16.3 Å². The zero-order chi connectivity index (χ0) is 18.6. The van der Waals surface area contributed by atoms with Gasteiger partial charge in [-0.3, -0.25) is 0 Å². The summed E-state index contributed by atoms with van der Waals surface area (Å²) in [7, 11) is 0. The highest BCUT2D eigenvalue weighted by Gasteiger charge is 2.75. The lowest BCUT2D eigenvalue weighted by molar-refractivity contribution is -0.292. The van der Waals surface area contributed by atoms with Crippen molar-refractivity contribution in [1.82, 2.24) is 0 Å². The van der Waals surface area contributed by atoms with Gasteiger partial charge >= 0.3 is 12.1 Å². The van der Waals surface area contributed by atoms with E-state index in [0.29, 0.717) is 5.56 Å². The highest BCUT2D eigenvalue weighted by molar-refractivity contribution is 5.96. The Morgan fingerprint density at radius 3 is 1.92 bits per heavy atom. The molecule has 0 aliphatic heterocycles. The summed E-state index contributed by atoms with van der Waals surface area (Å²) >= 11 is 0. The van der Waals surface area contributed by atoms with Gasteiger partial charge in [0, 0.05) is 0 Å². The van der Waals surface area contributed by atoms with Crippen LogP contribution in [0, 0.1) is 0 Å². The van der Waals surface area contributed by atoms with Gasteiger partial charge in [0.15, 0.2) is 0 Å². The first-order valence-electron chi connectivity index (χ1n) is 8.00. The number of fused-ring (bicyclic) bond motifs is 1. The fourth-order valence-electron chi connectivity index (χ4n) is 3.45. The molecule has 4 rings (SSSR count). The molecule has 0 saturated heterocycles. The maximum atomic E-state index is 14.5. The highest BCUT2D eigenvalue weighted by atomic mass is 19.4. The van der Waals surface area contributed by atoms with E-state index in [9.17, 15) is 22.0 Å². The fraction of sp³-hybridized carbons (Fsp3) is 0.143. The molecule has 3 aromatic carbocycles. The second kappa shape index (κ2) is 5.40. The molecule has 26 heavy (non-hydrogen) atoms. The lowest BCUT2D eigenvalue weighted by atomic mass is 9.81. The molecule has 0 fully saturated rings. The van der Waals surface area contributed by atoms with E-state index in [1.807, 2.05) is 12.1 Å². The Bertz CT molecular complexity index is 1000. The van der Waals surface area contributed by atoms with Crippen LogP contribution in [0.4, 0.5) is 22.0 Å². The molecule has 1 aliphatic rings. The van der Waals surface area contributed by atoms with E-state index in [1.165, 1.54) is 24.3 Å². The van der Waals surface area contributed by atoms with Crippen molar-refractivity contribution >= 4 is 16.3 Å². The summed E-state index contributed by atoms with van der Waals surface area (Å²) in [6.07, 6.45) is -4.63. The second-order valence-electron chi connectivity index (χ2n) is 6.37. The number of benzene rings is 3. The number of hydrogen-bond acceptors (Lipinski definition) is 0. The molecule has 1 aliphatic carbocycles. The van der Waals surface area contributed by atoms with Gasteiger partial charge in [-0.25, -0.2) is 0 Å². The second-order valence-corrected chi connectivity index (χ2v) is 6.37. The van der Waals surface area contributed by atoms with Gasteiger partial charge in [0.2, 0.25) is 0 Å². The van der Waals surface area contributed by atoms with Crippen LogP contribution < -0.4 is 0 Å². The molecule has 0 spiro atoms. The minimum Gasteiger partial charge on any atom is -0.195 e. The summed E-state index contributed by atoms with van der Waals surface area (Å²) < 4.78 is 68.7. The molecule has 0 radical (unpaired) electrons. The third-order valence-electron chi connectivity index (χ3n) is 4.84. The van der Waals surface area contributed by atoms with Gasteiger partial charge in [-0.2, -0.15) is 22.0 Å². The van der Waals surface area contributed by atoms with Gasteiger partial charge in [-0.1, -0.05) is 72.8 Å². The molecule has 0 unspecified atom stereocenters. The highest BCUT2D eigenvalue weighted by Crippen LogP contribution is 2.65. The Hall–Kier alpha value is -2.69. The van der Waals surface area contributed by atoms with E-state index in [1.54, 1.807) is 36.4 Å². The number of rotatable bonds is 3. The third-order valence-corrected chi connectivity index (χ3v) is 4.84. The summed E-state index contributed by atoms with van der Waals surface area (Å²) in [5, 5.41) is 1.68. The average Bonchev–Trinajstić information content (AvgIpc) is 3.39. The number of halogens is 5. The third kappa shape index (κ3) is 2.26. The van der Waals surface area contributed by atoms with Gasteiger partial charge in [-0.15, -0.1) is 0 Å². The van der Waals surface area contributed by atoms with Crippen molar-refractivity contribution in [3.05, 3.63) is 90.0 Å². The standard InChI is InChI=1S/C21H13F5/c22-20(23,21(24,25)26)19(17-8-2-1-3-9-17)13-18(19)16-11-10-14-6-4-5-7-15(14)12-16/h1-13H/t19-/m0/s1. The smallest absolute Gasteiger partial charge is 0.195 e. The van der Waals surface area contributed by atoms with Gasteiger partial charge < -0.3 is 0 Å². The molecule has 0 nitrogen and oxygen atoms in total. The first-order chi connectivity index (χ1) is 12.3. The van der Waals surface area contributed by atoms with E-state index in [2.05, 4.69) is 0 Å². The van der Waals surface area contributed by atoms with Crippen LogP contribution in [-0.2, 0) is 5.41 Å². The van der Waals surface area contributed by atoms with Crippen LogP contribution in [-0.4, -0.2) is 12.1 Å². The molecule has 0 N–H and O–H groups in total. The Morgan fingerprint density at radius 2 is 1.27 bits per heavy atom. The monoisotopic (exact) mass is 360 g/mol. The minimum atomic E-state index is -5.65. The lowest BCUT2D eigenvalue weighted by Crippen LogP contribution is -2.48. The van der Waals surface area contributed by atoms with Gasteiger partial charge in [-0.05, 0) is 33.5 Å². The summed E-state index contributed by atoms with van der Waals surface area (Å²) in [5.74, 6) is -4.90. The zero-order valence-corrected chi connectivity index (χ0v) is 13.4. The van der Waals surface area contributed by atoms with Crippen LogP contribution in [0.3, 0.4) is 0 Å². The Kier molecular flexibility index (Phi) is 3.48. The molecule has 132 valence electrons. The van der Waals surface area contributed by atoms with Crippen LogP contribution >= 0.6 is 0 Å². The molecule has 0 heterocycles. The SMILES string of the molecule is FC(F)(F)C(F)(F)[C@]1(c2ccccc2)C=C1c1ccc2ccccc2c1. The summed E-state index contributed by atoms with van der Waals surface area (Å²) in [6, 6.07) is 19.4. The summed E-state index contributed by atoms with van der Waals surface area (Å²) in [6.45, 7) is 0. The molecule has 1 atom stereocenters. The Labute approximate surface area is 146 Å². The molecular weight excluding hydrogens is 347 g/mol. The van der Waals surface area contributed by atoms with Gasteiger partial charge in [0.05, 0.1) is 0 Å².